The molecule has 0 aliphatic heterocycles. The van der Waals surface area contributed by atoms with Crippen LogP contribution in [0.1, 0.15) is 20.3 Å². The predicted molar refractivity (Wildman–Crippen MR) is 43.5 cm³/mol. The molecule has 0 bridgehead atoms. The molecule has 1 rings (SSSR count). The zero-order valence-corrected chi connectivity index (χ0v) is 7.02. The first kappa shape index (κ1) is 7.55. The Balaban J connectivity index is 2.20. The van der Waals surface area contributed by atoms with Gasteiger partial charge in [-0.25, -0.2) is 0 Å². The van der Waals surface area contributed by atoms with Gasteiger partial charge >= 0.3 is 0 Å². The highest BCUT2D eigenvalue weighted by Gasteiger charge is 2.19. The minimum absolute atomic E-state index is 0.802. The van der Waals surface area contributed by atoms with E-state index in [-0.39, 0.29) is 0 Å². The Bertz CT molecular complexity index is 177. The van der Waals surface area contributed by atoms with E-state index in [0.717, 1.165) is 5.92 Å². The molecule has 0 saturated heterocycles. The van der Waals surface area contributed by atoms with Crippen LogP contribution >= 0.6 is 0 Å². The second kappa shape index (κ2) is 3.02. The molecule has 1 unspecified atom stereocenters. The Morgan fingerprint density at radius 3 is 2.80 bits per heavy atom. The van der Waals surface area contributed by atoms with E-state index in [9.17, 15) is 0 Å². The average Bonchev–Trinajstić information content (AvgIpc) is 2.47. The number of rotatable bonds is 3. The molecular formula is C9H16N+. The first-order chi connectivity index (χ1) is 4.74. The molecule has 0 heterocycles. The third kappa shape index (κ3) is 1.99. The molecule has 2 N–H and O–H groups in total. The molecular weight excluding hydrogens is 122 g/mol. The lowest BCUT2D eigenvalue weighted by Crippen LogP contribution is -2.72. The van der Waals surface area contributed by atoms with Gasteiger partial charge < -0.3 is 5.32 Å². The summed E-state index contributed by atoms with van der Waals surface area (Å²) in [6.07, 6.45) is 5.75. The maximum atomic E-state index is 2.33. The zero-order chi connectivity index (χ0) is 7.56. The van der Waals surface area contributed by atoms with Crippen molar-refractivity contribution < 1.29 is 5.32 Å². The molecule has 56 valence electrons. The third-order valence-electron chi connectivity index (χ3n) is 1.93. The number of nitrogens with two attached hydrogens (primary N) is 1. The fourth-order valence-electron chi connectivity index (χ4n) is 1.19. The van der Waals surface area contributed by atoms with E-state index in [1.165, 1.54) is 12.0 Å². The summed E-state index contributed by atoms with van der Waals surface area (Å²) in [7, 11) is 2.07. The SMILES string of the molecule is C[NH2+]C=C(C)CC1C=C1C. The Hall–Kier alpha value is -0.560. The summed E-state index contributed by atoms with van der Waals surface area (Å²) in [5, 5.41) is 2.10. The summed E-state index contributed by atoms with van der Waals surface area (Å²) >= 11 is 0. The predicted octanol–water partition coefficient (Wildman–Crippen LogP) is 1.05. The van der Waals surface area contributed by atoms with Gasteiger partial charge in [0.2, 0.25) is 0 Å². The molecule has 1 aliphatic rings. The van der Waals surface area contributed by atoms with Crippen LogP contribution in [0.3, 0.4) is 0 Å². The Kier molecular flexibility index (Phi) is 2.28. The minimum Gasteiger partial charge on any atom is -0.323 e. The van der Waals surface area contributed by atoms with Crippen LogP contribution in [0.25, 0.3) is 0 Å². The molecule has 1 heteroatoms. The molecule has 0 amide bonds. The van der Waals surface area contributed by atoms with Gasteiger partial charge in [-0.15, -0.1) is 0 Å². The van der Waals surface area contributed by atoms with Gasteiger partial charge in [-0.2, -0.15) is 0 Å². The highest BCUT2D eigenvalue weighted by atomic mass is 14.8. The van der Waals surface area contributed by atoms with Crippen molar-refractivity contribution in [3.63, 3.8) is 0 Å². The summed E-state index contributed by atoms with van der Waals surface area (Å²) in [6.45, 7) is 4.40. The summed E-state index contributed by atoms with van der Waals surface area (Å²) < 4.78 is 0. The standard InChI is InChI=1S/C9H15N/c1-7(6-10-3)4-9-5-8(9)2/h5-6,9-10H,4H2,1-3H3/p+1. The molecule has 10 heavy (non-hydrogen) atoms. The highest BCUT2D eigenvalue weighted by Crippen LogP contribution is 2.33. The van der Waals surface area contributed by atoms with E-state index >= 15 is 0 Å². The quantitative estimate of drug-likeness (QED) is 0.561. The Labute approximate surface area is 62.8 Å². The molecule has 1 atom stereocenters. The van der Waals surface area contributed by atoms with Crippen molar-refractivity contribution in [3.05, 3.63) is 23.4 Å². The number of allylic oxidation sites excluding steroid dienone is 3. The van der Waals surface area contributed by atoms with Crippen molar-refractivity contribution in [2.24, 2.45) is 5.92 Å². The van der Waals surface area contributed by atoms with Crippen molar-refractivity contribution in [3.8, 4) is 0 Å². The molecule has 1 aliphatic carbocycles. The molecule has 0 aromatic rings. The van der Waals surface area contributed by atoms with Crippen LogP contribution in [0.15, 0.2) is 23.4 Å². The largest absolute Gasteiger partial charge is 0.323 e. The Morgan fingerprint density at radius 2 is 2.40 bits per heavy atom. The van der Waals surface area contributed by atoms with Crippen LogP contribution < -0.4 is 5.32 Å². The molecule has 0 spiro atoms. The van der Waals surface area contributed by atoms with E-state index in [4.69, 9.17) is 0 Å². The number of quaternary nitrogens is 1. The summed E-state index contributed by atoms with van der Waals surface area (Å²) in [5.74, 6) is 0.802. The molecule has 0 fully saturated rings. The zero-order valence-electron chi connectivity index (χ0n) is 7.02. The van der Waals surface area contributed by atoms with Gasteiger partial charge in [0.25, 0.3) is 0 Å². The van der Waals surface area contributed by atoms with Gasteiger partial charge in [0.15, 0.2) is 0 Å². The van der Waals surface area contributed by atoms with Crippen LogP contribution in [-0.4, -0.2) is 7.05 Å². The van der Waals surface area contributed by atoms with Crippen LogP contribution in [0.2, 0.25) is 0 Å². The fraction of sp³-hybridized carbons (Fsp3) is 0.556. The fourth-order valence-corrected chi connectivity index (χ4v) is 1.19. The van der Waals surface area contributed by atoms with Gasteiger partial charge in [-0.1, -0.05) is 11.6 Å². The minimum atomic E-state index is 0.802. The third-order valence-corrected chi connectivity index (χ3v) is 1.93. The van der Waals surface area contributed by atoms with E-state index < -0.39 is 0 Å². The highest BCUT2D eigenvalue weighted by molar-refractivity contribution is 5.28. The van der Waals surface area contributed by atoms with Crippen LogP contribution in [0, 0.1) is 5.92 Å². The Morgan fingerprint density at radius 1 is 1.80 bits per heavy atom. The topological polar surface area (TPSA) is 16.6 Å². The van der Waals surface area contributed by atoms with Crippen LogP contribution in [0.4, 0.5) is 0 Å². The van der Waals surface area contributed by atoms with Gasteiger partial charge in [0, 0.05) is 5.92 Å². The van der Waals surface area contributed by atoms with Crippen LogP contribution in [-0.2, 0) is 0 Å². The summed E-state index contributed by atoms with van der Waals surface area (Å²) in [6, 6.07) is 0. The first-order valence-electron chi connectivity index (χ1n) is 3.87. The second-order valence-electron chi connectivity index (χ2n) is 3.07. The summed E-state index contributed by atoms with van der Waals surface area (Å²) in [5.41, 5.74) is 3.05. The van der Waals surface area contributed by atoms with Gasteiger partial charge in [0.05, 0.1) is 13.2 Å². The number of hydrogen-bond donors (Lipinski definition) is 1. The maximum absolute atomic E-state index is 2.33. The van der Waals surface area contributed by atoms with Crippen molar-refractivity contribution >= 4 is 0 Å². The molecule has 0 radical (unpaired) electrons. The van der Waals surface area contributed by atoms with Crippen molar-refractivity contribution in [1.29, 1.82) is 0 Å². The monoisotopic (exact) mass is 138 g/mol. The lowest BCUT2D eigenvalue weighted by Gasteiger charge is -1.96. The van der Waals surface area contributed by atoms with Gasteiger partial charge in [0.1, 0.15) is 0 Å². The lowest BCUT2D eigenvalue weighted by molar-refractivity contribution is -0.557. The average molecular weight is 138 g/mol. The van der Waals surface area contributed by atoms with Gasteiger partial charge in [-0.05, 0) is 25.8 Å². The second-order valence-corrected chi connectivity index (χ2v) is 3.07. The van der Waals surface area contributed by atoms with Crippen LogP contribution in [0.5, 0.6) is 0 Å². The molecule has 0 aromatic heterocycles. The maximum Gasteiger partial charge on any atom is 0.0912 e. The van der Waals surface area contributed by atoms with Gasteiger partial charge in [-0.3, -0.25) is 0 Å². The van der Waals surface area contributed by atoms with Crippen molar-refractivity contribution in [1.82, 2.24) is 0 Å². The van der Waals surface area contributed by atoms with E-state index in [1.54, 1.807) is 5.57 Å². The van der Waals surface area contributed by atoms with Crippen molar-refractivity contribution in [2.75, 3.05) is 7.05 Å². The normalized spacial score (nSPS) is 24.5. The van der Waals surface area contributed by atoms with E-state index in [1.807, 2.05) is 0 Å². The smallest absolute Gasteiger partial charge is 0.0912 e. The van der Waals surface area contributed by atoms with Crippen molar-refractivity contribution in [2.45, 2.75) is 20.3 Å². The number of hydrogen-bond acceptors (Lipinski definition) is 0. The molecule has 0 saturated carbocycles. The van der Waals surface area contributed by atoms with E-state index in [0.29, 0.717) is 0 Å². The first-order valence-corrected chi connectivity index (χ1v) is 3.87. The van der Waals surface area contributed by atoms with E-state index in [2.05, 4.69) is 38.5 Å². The molecule has 1 nitrogen and oxygen atoms in total. The molecule has 0 aromatic carbocycles. The lowest BCUT2D eigenvalue weighted by atomic mass is 10.1. The summed E-state index contributed by atoms with van der Waals surface area (Å²) in [4.78, 5) is 0.